The first kappa shape index (κ1) is 18.2. The molecular formula is C21H20N4O2. The highest BCUT2D eigenvalue weighted by Gasteiger charge is 2.08. The van der Waals surface area contributed by atoms with Gasteiger partial charge in [0, 0.05) is 31.9 Å². The summed E-state index contributed by atoms with van der Waals surface area (Å²) in [5, 5.41) is 11.8. The summed E-state index contributed by atoms with van der Waals surface area (Å²) in [6.45, 7) is 1.09. The third-order valence-corrected chi connectivity index (χ3v) is 4.03. The van der Waals surface area contributed by atoms with Gasteiger partial charge < -0.3 is 14.6 Å². The highest BCUT2D eigenvalue weighted by atomic mass is 16.5. The van der Waals surface area contributed by atoms with Gasteiger partial charge >= 0.3 is 0 Å². The molecule has 0 aliphatic carbocycles. The van der Waals surface area contributed by atoms with Crippen molar-refractivity contribution in [2.45, 2.75) is 13.0 Å². The molecule has 1 heterocycles. The van der Waals surface area contributed by atoms with E-state index in [2.05, 4.69) is 27.0 Å². The zero-order valence-corrected chi connectivity index (χ0v) is 14.8. The number of amides is 1. The molecule has 136 valence electrons. The van der Waals surface area contributed by atoms with Crippen LogP contribution in [0.2, 0.25) is 0 Å². The summed E-state index contributed by atoms with van der Waals surface area (Å²) >= 11 is 0. The number of carbonyl (C=O) groups is 1. The van der Waals surface area contributed by atoms with Gasteiger partial charge in [0.1, 0.15) is 17.6 Å². The van der Waals surface area contributed by atoms with Crippen LogP contribution in [-0.2, 0) is 17.8 Å². The highest BCUT2D eigenvalue weighted by molar-refractivity contribution is 5.77. The van der Waals surface area contributed by atoms with Crippen LogP contribution in [0.15, 0.2) is 67.0 Å². The van der Waals surface area contributed by atoms with Gasteiger partial charge in [0.25, 0.3) is 5.91 Å². The molecule has 0 aliphatic heterocycles. The number of hydrogen-bond donors (Lipinski definition) is 1. The van der Waals surface area contributed by atoms with E-state index < -0.39 is 0 Å². The second-order valence-electron chi connectivity index (χ2n) is 5.95. The lowest BCUT2D eigenvalue weighted by Crippen LogP contribution is -2.31. The second-order valence-corrected chi connectivity index (χ2v) is 5.95. The monoisotopic (exact) mass is 360 g/mol. The molecule has 1 amide bonds. The Labute approximate surface area is 158 Å². The first-order valence-electron chi connectivity index (χ1n) is 8.69. The molecule has 1 N–H and O–H groups in total. The van der Waals surface area contributed by atoms with Gasteiger partial charge in [0.2, 0.25) is 0 Å². The van der Waals surface area contributed by atoms with E-state index >= 15 is 0 Å². The zero-order chi connectivity index (χ0) is 18.9. The lowest BCUT2D eigenvalue weighted by atomic mass is 10.2. The van der Waals surface area contributed by atoms with Crippen LogP contribution in [0.3, 0.4) is 0 Å². The summed E-state index contributed by atoms with van der Waals surface area (Å²) in [5.41, 5.74) is 1.61. The maximum absolute atomic E-state index is 12.0. The molecule has 3 rings (SSSR count). The van der Waals surface area contributed by atoms with E-state index in [1.165, 1.54) is 5.56 Å². The minimum atomic E-state index is -0.232. The van der Waals surface area contributed by atoms with Crippen molar-refractivity contribution in [1.82, 2.24) is 14.9 Å². The van der Waals surface area contributed by atoms with Crippen molar-refractivity contribution in [2.24, 2.45) is 0 Å². The van der Waals surface area contributed by atoms with Crippen LogP contribution in [0, 0.1) is 11.3 Å². The molecule has 2 aromatic carbocycles. The number of hydrogen-bond acceptors (Lipinski definition) is 4. The van der Waals surface area contributed by atoms with Gasteiger partial charge in [-0.15, -0.1) is 0 Å². The summed E-state index contributed by atoms with van der Waals surface area (Å²) in [6, 6.07) is 19.0. The minimum absolute atomic E-state index is 0.128. The Kier molecular flexibility index (Phi) is 6.21. The normalized spacial score (nSPS) is 10.2. The number of aromatic nitrogens is 2. The van der Waals surface area contributed by atoms with E-state index in [0.29, 0.717) is 24.3 Å². The summed E-state index contributed by atoms with van der Waals surface area (Å²) in [5.74, 6) is 1.09. The van der Waals surface area contributed by atoms with Gasteiger partial charge in [-0.25, -0.2) is 4.98 Å². The van der Waals surface area contributed by atoms with E-state index in [-0.39, 0.29) is 12.5 Å². The molecule has 0 spiro atoms. The molecule has 0 aliphatic rings. The average molecular weight is 360 g/mol. The van der Waals surface area contributed by atoms with Gasteiger partial charge in [-0.05, 0) is 17.7 Å². The average Bonchev–Trinajstić information content (AvgIpc) is 3.14. The van der Waals surface area contributed by atoms with Crippen molar-refractivity contribution in [3.8, 4) is 11.8 Å². The number of imidazole rings is 1. The molecule has 3 aromatic rings. The third kappa shape index (κ3) is 5.19. The van der Waals surface area contributed by atoms with Crippen molar-refractivity contribution < 1.29 is 9.53 Å². The predicted molar refractivity (Wildman–Crippen MR) is 101 cm³/mol. The fourth-order valence-electron chi connectivity index (χ4n) is 2.69. The fraction of sp³-hybridized carbons (Fsp3) is 0.190. The smallest absolute Gasteiger partial charge is 0.257 e. The number of nitrogens with zero attached hydrogens (tertiary/aromatic N) is 3. The highest BCUT2D eigenvalue weighted by Crippen LogP contribution is 2.16. The largest absolute Gasteiger partial charge is 0.482 e. The molecule has 0 atom stereocenters. The number of benzene rings is 2. The predicted octanol–water partition coefficient (Wildman–Crippen LogP) is 2.54. The topological polar surface area (TPSA) is 79.9 Å². The third-order valence-electron chi connectivity index (χ3n) is 4.03. The molecule has 0 saturated carbocycles. The molecule has 6 nitrogen and oxygen atoms in total. The van der Waals surface area contributed by atoms with Gasteiger partial charge in [0.15, 0.2) is 6.61 Å². The number of rotatable bonds is 8. The standard InChI is InChI=1S/C21H20N4O2/c22-14-18-8-4-5-9-19(18)27-16-21(26)24-11-10-20-23-12-13-25(20)15-17-6-2-1-3-7-17/h1-9,12-13H,10-11,15-16H2,(H,24,26). The molecule has 27 heavy (non-hydrogen) atoms. The Hall–Kier alpha value is -3.59. The first-order chi connectivity index (χ1) is 13.3. The first-order valence-corrected chi connectivity index (χ1v) is 8.69. The minimum Gasteiger partial charge on any atom is -0.482 e. The fourth-order valence-corrected chi connectivity index (χ4v) is 2.69. The van der Waals surface area contributed by atoms with Crippen molar-refractivity contribution in [3.63, 3.8) is 0 Å². The summed E-state index contributed by atoms with van der Waals surface area (Å²) in [6.07, 6.45) is 4.33. The number of nitrogens with one attached hydrogen (secondary N) is 1. The van der Waals surface area contributed by atoms with Crippen molar-refractivity contribution >= 4 is 5.91 Å². The molecule has 6 heteroatoms. The summed E-state index contributed by atoms with van der Waals surface area (Å²) < 4.78 is 7.50. The van der Waals surface area contributed by atoms with Crippen LogP contribution in [-0.4, -0.2) is 28.6 Å². The van der Waals surface area contributed by atoms with E-state index in [1.54, 1.807) is 30.5 Å². The van der Waals surface area contributed by atoms with Crippen LogP contribution in [0.5, 0.6) is 5.75 Å². The van der Waals surface area contributed by atoms with Crippen LogP contribution < -0.4 is 10.1 Å². The van der Waals surface area contributed by atoms with Crippen molar-refractivity contribution in [3.05, 3.63) is 83.9 Å². The lowest BCUT2D eigenvalue weighted by molar-refractivity contribution is -0.123. The van der Waals surface area contributed by atoms with E-state index in [9.17, 15) is 4.79 Å². The number of ether oxygens (including phenoxy) is 1. The van der Waals surface area contributed by atoms with Gasteiger partial charge in [0.05, 0.1) is 5.56 Å². The van der Waals surface area contributed by atoms with Crippen molar-refractivity contribution in [1.29, 1.82) is 5.26 Å². The molecule has 0 saturated heterocycles. The van der Waals surface area contributed by atoms with Gasteiger partial charge in [-0.3, -0.25) is 4.79 Å². The Morgan fingerprint density at radius 1 is 1.15 bits per heavy atom. The van der Waals surface area contributed by atoms with Gasteiger partial charge in [-0.2, -0.15) is 5.26 Å². The van der Waals surface area contributed by atoms with E-state index in [4.69, 9.17) is 10.00 Å². The Bertz CT molecular complexity index is 929. The molecule has 0 bridgehead atoms. The van der Waals surface area contributed by atoms with Crippen LogP contribution in [0.1, 0.15) is 17.0 Å². The number of para-hydroxylation sites is 1. The molecule has 0 fully saturated rings. The number of nitriles is 1. The van der Waals surface area contributed by atoms with Crippen LogP contribution in [0.25, 0.3) is 0 Å². The lowest BCUT2D eigenvalue weighted by Gasteiger charge is -2.10. The number of carbonyl (C=O) groups excluding carboxylic acids is 1. The van der Waals surface area contributed by atoms with E-state index in [1.807, 2.05) is 30.5 Å². The summed E-state index contributed by atoms with van der Waals surface area (Å²) in [7, 11) is 0. The molecule has 1 aromatic heterocycles. The molecular weight excluding hydrogens is 340 g/mol. The molecule has 0 radical (unpaired) electrons. The maximum Gasteiger partial charge on any atom is 0.257 e. The SMILES string of the molecule is N#Cc1ccccc1OCC(=O)NCCc1nccn1Cc1ccccc1. The maximum atomic E-state index is 12.0. The van der Waals surface area contributed by atoms with E-state index in [0.717, 1.165) is 12.4 Å². The summed E-state index contributed by atoms with van der Waals surface area (Å²) in [4.78, 5) is 16.3. The second kappa shape index (κ2) is 9.20. The Morgan fingerprint density at radius 2 is 1.93 bits per heavy atom. The van der Waals surface area contributed by atoms with Crippen molar-refractivity contribution in [2.75, 3.05) is 13.2 Å². The zero-order valence-electron chi connectivity index (χ0n) is 14.8. The van der Waals surface area contributed by atoms with Crippen LogP contribution >= 0.6 is 0 Å². The van der Waals surface area contributed by atoms with Gasteiger partial charge in [-0.1, -0.05) is 42.5 Å². The Morgan fingerprint density at radius 3 is 2.74 bits per heavy atom. The Balaban J connectivity index is 1.46. The quantitative estimate of drug-likeness (QED) is 0.669. The van der Waals surface area contributed by atoms with Crippen LogP contribution in [0.4, 0.5) is 0 Å². The molecule has 0 unspecified atom stereocenters.